The van der Waals surface area contributed by atoms with Crippen molar-refractivity contribution in [1.29, 1.82) is 0 Å². The van der Waals surface area contributed by atoms with Crippen molar-refractivity contribution in [2.45, 2.75) is 19.8 Å². The molecule has 1 aliphatic heterocycles. The highest BCUT2D eigenvalue weighted by atomic mass is 15.2. The molecule has 4 heteroatoms. The van der Waals surface area contributed by atoms with Crippen LogP contribution in [0.4, 0.5) is 17.3 Å². The van der Waals surface area contributed by atoms with Gasteiger partial charge in [0.25, 0.3) is 0 Å². The zero-order chi connectivity index (χ0) is 17.1. The number of anilines is 3. The van der Waals surface area contributed by atoms with Gasteiger partial charge in [0.05, 0.1) is 0 Å². The largest absolute Gasteiger partial charge is 0.356 e. The van der Waals surface area contributed by atoms with Gasteiger partial charge in [0, 0.05) is 30.4 Å². The Morgan fingerprint density at radius 1 is 0.880 bits per heavy atom. The van der Waals surface area contributed by atoms with E-state index in [1.165, 1.54) is 18.4 Å². The van der Waals surface area contributed by atoms with E-state index in [1.807, 2.05) is 18.2 Å². The molecular weight excluding hydrogens is 308 g/mol. The van der Waals surface area contributed by atoms with E-state index in [4.69, 9.17) is 9.97 Å². The number of nitrogens with one attached hydrogen (secondary N) is 1. The third-order valence-corrected chi connectivity index (χ3v) is 4.50. The monoisotopic (exact) mass is 330 g/mol. The average molecular weight is 330 g/mol. The van der Waals surface area contributed by atoms with Crippen LogP contribution < -0.4 is 10.2 Å². The fourth-order valence-corrected chi connectivity index (χ4v) is 3.11. The third-order valence-electron chi connectivity index (χ3n) is 4.50. The summed E-state index contributed by atoms with van der Waals surface area (Å²) >= 11 is 0. The van der Waals surface area contributed by atoms with Crippen molar-refractivity contribution in [1.82, 2.24) is 9.97 Å². The van der Waals surface area contributed by atoms with Crippen molar-refractivity contribution in [3.05, 3.63) is 66.2 Å². The molecule has 0 bridgehead atoms. The van der Waals surface area contributed by atoms with E-state index in [0.717, 1.165) is 41.8 Å². The van der Waals surface area contributed by atoms with E-state index in [0.29, 0.717) is 0 Å². The number of nitrogens with zero attached hydrogens (tertiary/aromatic N) is 3. The Morgan fingerprint density at radius 2 is 1.60 bits per heavy atom. The lowest BCUT2D eigenvalue weighted by atomic mass is 10.2. The van der Waals surface area contributed by atoms with Crippen LogP contribution >= 0.6 is 0 Å². The first kappa shape index (κ1) is 15.6. The van der Waals surface area contributed by atoms with Crippen LogP contribution in [0.3, 0.4) is 0 Å². The second-order valence-electron chi connectivity index (χ2n) is 6.49. The molecule has 0 saturated carbocycles. The highest BCUT2D eigenvalue weighted by Crippen LogP contribution is 2.26. The number of aromatic nitrogens is 2. The van der Waals surface area contributed by atoms with Gasteiger partial charge in [0.15, 0.2) is 5.82 Å². The minimum absolute atomic E-state index is 0.764. The summed E-state index contributed by atoms with van der Waals surface area (Å²) in [6.07, 6.45) is 2.46. The number of rotatable bonds is 4. The molecule has 0 aliphatic carbocycles. The van der Waals surface area contributed by atoms with Crippen molar-refractivity contribution in [3.8, 4) is 11.4 Å². The van der Waals surface area contributed by atoms with Crippen LogP contribution in [-0.2, 0) is 0 Å². The molecule has 0 amide bonds. The lowest BCUT2D eigenvalue weighted by Gasteiger charge is -2.18. The van der Waals surface area contributed by atoms with Crippen molar-refractivity contribution >= 4 is 17.3 Å². The van der Waals surface area contributed by atoms with Gasteiger partial charge in [-0.15, -0.1) is 0 Å². The van der Waals surface area contributed by atoms with Gasteiger partial charge in [-0.05, 0) is 31.9 Å². The highest BCUT2D eigenvalue weighted by Gasteiger charge is 2.16. The summed E-state index contributed by atoms with van der Waals surface area (Å²) in [5, 5.41) is 3.43. The van der Waals surface area contributed by atoms with E-state index in [2.05, 4.69) is 59.6 Å². The molecule has 25 heavy (non-hydrogen) atoms. The van der Waals surface area contributed by atoms with Crippen LogP contribution in [-0.4, -0.2) is 23.1 Å². The lowest BCUT2D eigenvalue weighted by Crippen LogP contribution is -2.19. The maximum atomic E-state index is 4.82. The van der Waals surface area contributed by atoms with Gasteiger partial charge < -0.3 is 10.2 Å². The van der Waals surface area contributed by atoms with E-state index in [1.54, 1.807) is 0 Å². The summed E-state index contributed by atoms with van der Waals surface area (Å²) in [4.78, 5) is 11.9. The lowest BCUT2D eigenvalue weighted by molar-refractivity contribution is 0.931. The van der Waals surface area contributed by atoms with Gasteiger partial charge in [-0.3, -0.25) is 0 Å². The van der Waals surface area contributed by atoms with Crippen molar-refractivity contribution in [2.75, 3.05) is 23.3 Å². The number of benzene rings is 2. The highest BCUT2D eigenvalue weighted by molar-refractivity contribution is 5.65. The van der Waals surface area contributed by atoms with Crippen LogP contribution in [0, 0.1) is 6.92 Å². The fraction of sp³-hybridized carbons (Fsp3) is 0.238. The molecule has 2 aromatic carbocycles. The summed E-state index contributed by atoms with van der Waals surface area (Å²) in [5.41, 5.74) is 3.32. The Labute approximate surface area is 148 Å². The van der Waals surface area contributed by atoms with Crippen molar-refractivity contribution in [3.63, 3.8) is 0 Å². The Balaban J connectivity index is 1.71. The Hall–Kier alpha value is -2.88. The second kappa shape index (κ2) is 6.93. The van der Waals surface area contributed by atoms with Gasteiger partial charge in [-0.25, -0.2) is 9.97 Å². The SMILES string of the molecule is Cc1ccc(Nc2cc(N3CCCC3)nc(-c3ccccc3)n2)cc1. The number of hydrogen-bond acceptors (Lipinski definition) is 4. The Bertz CT molecular complexity index is 838. The topological polar surface area (TPSA) is 41.0 Å². The molecule has 1 aliphatic rings. The first-order valence-electron chi connectivity index (χ1n) is 8.81. The molecule has 1 N–H and O–H groups in total. The molecule has 1 saturated heterocycles. The first-order valence-corrected chi connectivity index (χ1v) is 8.81. The second-order valence-corrected chi connectivity index (χ2v) is 6.49. The minimum Gasteiger partial charge on any atom is -0.356 e. The number of hydrogen-bond donors (Lipinski definition) is 1. The summed E-state index contributed by atoms with van der Waals surface area (Å²) in [6, 6.07) is 20.6. The summed E-state index contributed by atoms with van der Waals surface area (Å²) in [7, 11) is 0. The molecule has 0 atom stereocenters. The van der Waals surface area contributed by atoms with E-state index in [-0.39, 0.29) is 0 Å². The van der Waals surface area contributed by atoms with Gasteiger partial charge in [-0.1, -0.05) is 48.0 Å². The van der Waals surface area contributed by atoms with Crippen LogP contribution in [0.5, 0.6) is 0 Å². The average Bonchev–Trinajstić information content (AvgIpc) is 3.19. The summed E-state index contributed by atoms with van der Waals surface area (Å²) in [5.74, 6) is 2.60. The van der Waals surface area contributed by atoms with Crippen LogP contribution in [0.15, 0.2) is 60.7 Å². The molecule has 0 radical (unpaired) electrons. The molecule has 0 unspecified atom stereocenters. The smallest absolute Gasteiger partial charge is 0.163 e. The Morgan fingerprint density at radius 3 is 2.32 bits per heavy atom. The van der Waals surface area contributed by atoms with Crippen molar-refractivity contribution in [2.24, 2.45) is 0 Å². The van der Waals surface area contributed by atoms with Gasteiger partial charge >= 0.3 is 0 Å². The van der Waals surface area contributed by atoms with Gasteiger partial charge in [0.2, 0.25) is 0 Å². The molecule has 4 rings (SSSR count). The minimum atomic E-state index is 0.764. The normalized spacial score (nSPS) is 13.9. The van der Waals surface area contributed by atoms with Gasteiger partial charge in [-0.2, -0.15) is 0 Å². The van der Waals surface area contributed by atoms with E-state index >= 15 is 0 Å². The molecule has 3 aromatic rings. The molecule has 4 nitrogen and oxygen atoms in total. The molecule has 1 fully saturated rings. The molecule has 0 spiro atoms. The molecular formula is C21H22N4. The predicted molar refractivity (Wildman–Crippen MR) is 103 cm³/mol. The standard InChI is InChI=1S/C21H22N4/c1-16-9-11-18(12-10-16)22-19-15-20(25-13-5-6-14-25)24-21(23-19)17-7-3-2-4-8-17/h2-4,7-12,15H,5-6,13-14H2,1H3,(H,22,23,24). The Kier molecular flexibility index (Phi) is 4.34. The molecule has 126 valence electrons. The maximum Gasteiger partial charge on any atom is 0.163 e. The zero-order valence-corrected chi connectivity index (χ0v) is 14.4. The zero-order valence-electron chi connectivity index (χ0n) is 14.4. The van der Waals surface area contributed by atoms with Gasteiger partial charge in [0.1, 0.15) is 11.6 Å². The predicted octanol–water partition coefficient (Wildman–Crippen LogP) is 4.80. The molecule has 2 heterocycles. The fourth-order valence-electron chi connectivity index (χ4n) is 3.11. The summed E-state index contributed by atoms with van der Waals surface area (Å²) in [6.45, 7) is 4.22. The number of aryl methyl sites for hydroxylation is 1. The van der Waals surface area contributed by atoms with Crippen molar-refractivity contribution < 1.29 is 0 Å². The third kappa shape index (κ3) is 3.63. The maximum absolute atomic E-state index is 4.82. The van der Waals surface area contributed by atoms with E-state index in [9.17, 15) is 0 Å². The van der Waals surface area contributed by atoms with Crippen LogP contribution in [0.1, 0.15) is 18.4 Å². The quantitative estimate of drug-likeness (QED) is 0.746. The van der Waals surface area contributed by atoms with Crippen LogP contribution in [0.25, 0.3) is 11.4 Å². The molecule has 1 aromatic heterocycles. The van der Waals surface area contributed by atoms with E-state index < -0.39 is 0 Å². The summed E-state index contributed by atoms with van der Waals surface area (Å²) < 4.78 is 0. The van der Waals surface area contributed by atoms with Crippen LogP contribution in [0.2, 0.25) is 0 Å². The first-order chi connectivity index (χ1) is 12.3.